The van der Waals surface area contributed by atoms with Gasteiger partial charge in [-0.3, -0.25) is 9.59 Å². The number of hydrogen-bond acceptors (Lipinski definition) is 7. The lowest BCUT2D eigenvalue weighted by atomic mass is 9.70. The maximum Gasteiger partial charge on any atom is 0.223 e. The number of ketones is 1. The van der Waals surface area contributed by atoms with E-state index in [-0.39, 0.29) is 30.6 Å². The molecule has 3 N–H and O–H groups in total. The molecule has 2 aliphatic heterocycles. The lowest BCUT2D eigenvalue weighted by Gasteiger charge is -2.36. The van der Waals surface area contributed by atoms with Crippen molar-refractivity contribution >= 4 is 29.1 Å². The molecule has 3 rings (SSSR count). The molecule has 0 bridgehead atoms. The van der Waals surface area contributed by atoms with E-state index in [1.54, 1.807) is 19.2 Å². The summed E-state index contributed by atoms with van der Waals surface area (Å²) in [5.74, 6) is -2.04. The molecule has 1 aromatic rings. The molecule has 9 heteroatoms. The van der Waals surface area contributed by atoms with Crippen LogP contribution in [-0.4, -0.2) is 56.8 Å². The molecule has 2 saturated heterocycles. The summed E-state index contributed by atoms with van der Waals surface area (Å²) in [5, 5.41) is 27.6. The van der Waals surface area contributed by atoms with Crippen LogP contribution in [0.25, 0.3) is 6.08 Å². The minimum absolute atomic E-state index is 0.111. The second-order valence-electron chi connectivity index (χ2n) is 12.0. The number of carbonyl (C=O) groups is 2. The highest BCUT2D eigenvalue weighted by molar-refractivity contribution is 7.09. The second kappa shape index (κ2) is 12.7. The Morgan fingerprint density at radius 2 is 2.03 bits per heavy atom. The molecule has 0 saturated carbocycles. The number of nitrogens with zero attached hydrogens (tertiary/aromatic N) is 1. The van der Waals surface area contributed by atoms with Crippen molar-refractivity contribution in [2.75, 3.05) is 0 Å². The van der Waals surface area contributed by atoms with E-state index in [0.717, 1.165) is 37.1 Å². The summed E-state index contributed by atoms with van der Waals surface area (Å²) < 4.78 is 21.4. The van der Waals surface area contributed by atoms with Crippen molar-refractivity contribution in [1.29, 1.82) is 0 Å². The third kappa shape index (κ3) is 7.49. The molecule has 214 valence electrons. The molecule has 1 aromatic heterocycles. The monoisotopic (exact) mass is 552 g/mol. The SMILES string of the molecule is CCCC[C@H]1C(=O)C(C)(C)[C@@H](O)CC(=O)N[C@H](/C(F)=C/c2csc(C)n2)C[C@@H]2O[C@]2(C)CCC[C@H](C)[C@@H]1O. The molecule has 0 aliphatic carbocycles. The number of rotatable bonds is 5. The van der Waals surface area contributed by atoms with Gasteiger partial charge in [0, 0.05) is 17.7 Å². The van der Waals surface area contributed by atoms with Crippen molar-refractivity contribution in [2.45, 2.75) is 123 Å². The van der Waals surface area contributed by atoms with E-state index in [9.17, 15) is 19.8 Å². The van der Waals surface area contributed by atoms with Gasteiger partial charge in [-0.05, 0) is 45.1 Å². The summed E-state index contributed by atoms with van der Waals surface area (Å²) in [5.41, 5.74) is -1.20. The molecule has 38 heavy (non-hydrogen) atoms. The molecule has 7 atom stereocenters. The van der Waals surface area contributed by atoms with E-state index in [1.165, 1.54) is 17.4 Å². The number of aliphatic hydroxyl groups is 2. The molecule has 1 amide bonds. The molecule has 2 fully saturated rings. The van der Waals surface area contributed by atoms with E-state index in [4.69, 9.17) is 4.74 Å². The average molecular weight is 553 g/mol. The third-order valence-corrected chi connectivity index (χ3v) is 9.25. The highest BCUT2D eigenvalue weighted by atomic mass is 32.1. The van der Waals surface area contributed by atoms with Gasteiger partial charge in [0.2, 0.25) is 5.91 Å². The lowest BCUT2D eigenvalue weighted by molar-refractivity contribution is -0.144. The Morgan fingerprint density at radius 3 is 2.66 bits per heavy atom. The topological polar surface area (TPSA) is 112 Å². The number of unbranched alkanes of at least 4 members (excludes halogenated alkanes) is 1. The van der Waals surface area contributed by atoms with Crippen LogP contribution >= 0.6 is 11.3 Å². The van der Waals surface area contributed by atoms with E-state index < -0.39 is 46.9 Å². The van der Waals surface area contributed by atoms with Crippen LogP contribution in [0.1, 0.15) is 96.7 Å². The van der Waals surface area contributed by atoms with Crippen LogP contribution in [0.3, 0.4) is 0 Å². The number of aromatic nitrogens is 1. The number of aryl methyl sites for hydroxylation is 1. The number of amides is 1. The first kappa shape index (κ1) is 30.9. The van der Waals surface area contributed by atoms with Crippen molar-refractivity contribution in [3.8, 4) is 0 Å². The van der Waals surface area contributed by atoms with E-state index in [0.29, 0.717) is 12.1 Å². The predicted octanol–water partition coefficient (Wildman–Crippen LogP) is 5.13. The molecular weight excluding hydrogens is 507 g/mol. The van der Waals surface area contributed by atoms with Gasteiger partial charge < -0.3 is 20.3 Å². The zero-order valence-corrected chi connectivity index (χ0v) is 24.4. The van der Waals surface area contributed by atoms with Gasteiger partial charge >= 0.3 is 0 Å². The zero-order valence-electron chi connectivity index (χ0n) is 23.6. The molecule has 0 spiro atoms. The first-order chi connectivity index (χ1) is 17.8. The van der Waals surface area contributed by atoms with Crippen LogP contribution in [0.4, 0.5) is 4.39 Å². The van der Waals surface area contributed by atoms with Crippen LogP contribution in [-0.2, 0) is 14.3 Å². The minimum Gasteiger partial charge on any atom is -0.392 e. The Hall–Kier alpha value is -1.68. The minimum atomic E-state index is -1.29. The number of carbonyl (C=O) groups excluding carboxylic acids is 2. The van der Waals surface area contributed by atoms with Gasteiger partial charge in [-0.2, -0.15) is 0 Å². The quantitative estimate of drug-likeness (QED) is 0.437. The van der Waals surface area contributed by atoms with Crippen LogP contribution in [0.5, 0.6) is 0 Å². The fourth-order valence-electron chi connectivity index (χ4n) is 5.50. The smallest absolute Gasteiger partial charge is 0.223 e. The predicted molar refractivity (Wildman–Crippen MR) is 147 cm³/mol. The molecule has 7 nitrogen and oxygen atoms in total. The largest absolute Gasteiger partial charge is 0.392 e. The van der Waals surface area contributed by atoms with Crippen LogP contribution in [0.15, 0.2) is 11.2 Å². The molecule has 3 heterocycles. The van der Waals surface area contributed by atoms with Crippen molar-refractivity contribution in [3.63, 3.8) is 0 Å². The number of halogens is 1. The van der Waals surface area contributed by atoms with Crippen molar-refractivity contribution in [3.05, 3.63) is 21.9 Å². The van der Waals surface area contributed by atoms with Crippen molar-refractivity contribution in [2.24, 2.45) is 17.3 Å². The molecule has 0 aromatic carbocycles. The fourth-order valence-corrected chi connectivity index (χ4v) is 6.07. The van der Waals surface area contributed by atoms with Gasteiger partial charge in [0.05, 0.1) is 52.5 Å². The Kier molecular flexibility index (Phi) is 10.3. The average Bonchev–Trinajstić information content (AvgIpc) is 3.29. The Labute approximate surface area is 230 Å². The zero-order chi connectivity index (χ0) is 28.3. The normalized spacial score (nSPS) is 35.4. The second-order valence-corrected chi connectivity index (χ2v) is 13.1. The molecule has 0 unspecified atom stereocenters. The number of epoxide rings is 1. The standard InChI is InChI=1S/C29H45FN2O5S/c1-7-8-11-20-26(35)17(2)10-9-12-29(6)24(37-29)14-22(21(30)13-19-16-38-18(3)31-19)32-25(34)15-23(33)28(4,5)27(20)36/h13,16-17,20,22-24,26,33,35H,7-12,14-15H2,1-6H3,(H,32,34)/b21-13-/t17-,20+,22-,23-,24-,26-,29+/m0/s1. The lowest BCUT2D eigenvalue weighted by Crippen LogP contribution is -2.48. The first-order valence-electron chi connectivity index (χ1n) is 13.9. The summed E-state index contributed by atoms with van der Waals surface area (Å²) in [6.07, 6.45) is 3.34. The van der Waals surface area contributed by atoms with Crippen molar-refractivity contribution in [1.82, 2.24) is 10.3 Å². The number of fused-ring (bicyclic) bond motifs is 1. The summed E-state index contributed by atoms with van der Waals surface area (Å²) in [6, 6.07) is -0.937. The Bertz CT molecular complexity index is 1010. The maximum atomic E-state index is 15.5. The number of ether oxygens (including phenoxy) is 1. The molecule has 0 radical (unpaired) electrons. The highest BCUT2D eigenvalue weighted by Crippen LogP contribution is 2.45. The molecular formula is C29H45FN2O5S. The van der Waals surface area contributed by atoms with Gasteiger partial charge in [-0.25, -0.2) is 9.37 Å². The van der Waals surface area contributed by atoms with E-state index in [2.05, 4.69) is 10.3 Å². The van der Waals surface area contributed by atoms with Crippen LogP contribution in [0, 0.1) is 24.2 Å². The highest BCUT2D eigenvalue weighted by Gasteiger charge is 2.53. The number of Topliss-reactive ketones (excluding diaryl/α,β-unsaturated/α-hetero) is 1. The fraction of sp³-hybridized carbons (Fsp3) is 0.759. The first-order valence-corrected chi connectivity index (χ1v) is 14.8. The summed E-state index contributed by atoms with van der Waals surface area (Å²) in [6.45, 7) is 11.1. The van der Waals surface area contributed by atoms with E-state index >= 15 is 4.39 Å². The maximum absolute atomic E-state index is 15.5. The Morgan fingerprint density at radius 1 is 1.32 bits per heavy atom. The number of nitrogens with one attached hydrogen (secondary N) is 1. The van der Waals surface area contributed by atoms with Gasteiger partial charge in [0.1, 0.15) is 11.6 Å². The van der Waals surface area contributed by atoms with E-state index in [1.807, 2.05) is 27.7 Å². The summed E-state index contributed by atoms with van der Waals surface area (Å²) in [7, 11) is 0. The molecule has 2 aliphatic rings. The number of hydrogen-bond donors (Lipinski definition) is 3. The summed E-state index contributed by atoms with van der Waals surface area (Å²) in [4.78, 5) is 31.0. The van der Waals surface area contributed by atoms with Gasteiger partial charge in [-0.1, -0.05) is 47.0 Å². The van der Waals surface area contributed by atoms with Crippen LogP contribution < -0.4 is 5.32 Å². The van der Waals surface area contributed by atoms with Crippen molar-refractivity contribution < 1.29 is 28.9 Å². The number of thiazole rings is 1. The number of aliphatic hydroxyl groups excluding tert-OH is 2. The van der Waals surface area contributed by atoms with Gasteiger partial charge in [0.15, 0.2) is 0 Å². The third-order valence-electron chi connectivity index (χ3n) is 8.46. The summed E-state index contributed by atoms with van der Waals surface area (Å²) >= 11 is 1.42. The van der Waals surface area contributed by atoms with Crippen LogP contribution in [0.2, 0.25) is 0 Å². The Balaban J connectivity index is 1.88. The van der Waals surface area contributed by atoms with Gasteiger partial charge in [-0.15, -0.1) is 11.3 Å². The van der Waals surface area contributed by atoms with Gasteiger partial charge in [0.25, 0.3) is 0 Å².